The summed E-state index contributed by atoms with van der Waals surface area (Å²) in [5.41, 5.74) is -1.41. The van der Waals surface area contributed by atoms with E-state index in [1.54, 1.807) is 13.8 Å². The topological polar surface area (TPSA) is 118 Å². The predicted molar refractivity (Wildman–Crippen MR) is 118 cm³/mol. The van der Waals surface area contributed by atoms with Crippen molar-refractivity contribution < 1.29 is 43.2 Å². The molecule has 9 heteroatoms. The smallest absolute Gasteiger partial charge is 0.319 e. The second-order valence-corrected chi connectivity index (χ2v) is 11.9. The number of cyclic esters (lactones) is 1. The lowest BCUT2D eigenvalue weighted by Gasteiger charge is -2.61. The fraction of sp³-hybridized carbons (Fsp3) is 0.731. The van der Waals surface area contributed by atoms with E-state index in [4.69, 9.17) is 23.7 Å². The maximum atomic E-state index is 14.1. The zero-order chi connectivity index (χ0) is 25.5. The molecule has 1 saturated carbocycles. The van der Waals surface area contributed by atoms with Gasteiger partial charge in [0.15, 0.2) is 0 Å². The summed E-state index contributed by atoms with van der Waals surface area (Å²) in [7, 11) is 1.28. The summed E-state index contributed by atoms with van der Waals surface area (Å²) in [5, 5.41) is 12.3. The molecule has 35 heavy (non-hydrogen) atoms. The third-order valence-electron chi connectivity index (χ3n) is 10.1. The van der Waals surface area contributed by atoms with Crippen molar-refractivity contribution in [3.63, 3.8) is 0 Å². The van der Waals surface area contributed by atoms with Crippen molar-refractivity contribution in [1.82, 2.24) is 0 Å². The summed E-state index contributed by atoms with van der Waals surface area (Å²) in [6.07, 6.45) is -1.94. The zero-order valence-corrected chi connectivity index (χ0v) is 21.1. The van der Waals surface area contributed by atoms with E-state index in [0.29, 0.717) is 6.42 Å². The Hall–Kier alpha value is -2.23. The molecular formula is C26H32O9. The van der Waals surface area contributed by atoms with E-state index >= 15 is 0 Å². The van der Waals surface area contributed by atoms with Gasteiger partial charge in [-0.1, -0.05) is 12.5 Å². The highest BCUT2D eigenvalue weighted by Gasteiger charge is 2.90. The molecule has 9 nitrogen and oxygen atoms in total. The van der Waals surface area contributed by atoms with E-state index in [2.05, 4.69) is 0 Å². The molecule has 3 saturated heterocycles. The molecule has 0 aromatic carbocycles. The SMILES string of the molecule is COC(=O)C12C3C4OC(=O)C3(C)CC3=C(C)C5=C(CC(OC1(O)C(C)O4)C32C)C(C)(C)OC(=O)C5. The Morgan fingerprint density at radius 3 is 2.49 bits per heavy atom. The van der Waals surface area contributed by atoms with Gasteiger partial charge in [0.25, 0.3) is 0 Å². The van der Waals surface area contributed by atoms with E-state index in [-0.39, 0.29) is 18.8 Å². The van der Waals surface area contributed by atoms with Gasteiger partial charge >= 0.3 is 17.9 Å². The molecular weight excluding hydrogens is 456 g/mol. The van der Waals surface area contributed by atoms with Gasteiger partial charge in [-0.2, -0.15) is 0 Å². The van der Waals surface area contributed by atoms with Crippen molar-refractivity contribution in [3.8, 4) is 0 Å². The quantitative estimate of drug-likeness (QED) is 0.438. The maximum Gasteiger partial charge on any atom is 0.319 e. The number of allylic oxidation sites excluding steroid dienone is 1. The summed E-state index contributed by atoms with van der Waals surface area (Å²) < 4.78 is 29.4. The average molecular weight is 489 g/mol. The normalized spacial score (nSPS) is 49.1. The molecule has 4 fully saturated rings. The third kappa shape index (κ3) is 2.21. The molecule has 0 amide bonds. The highest BCUT2D eigenvalue weighted by atomic mass is 16.7. The molecule has 0 aromatic heterocycles. The Labute approximate surface area is 203 Å². The summed E-state index contributed by atoms with van der Waals surface area (Å²) in [6, 6.07) is 0. The van der Waals surface area contributed by atoms with Gasteiger partial charge in [-0.05, 0) is 57.8 Å². The molecule has 190 valence electrons. The van der Waals surface area contributed by atoms with E-state index < -0.39 is 64.0 Å². The van der Waals surface area contributed by atoms with Crippen LogP contribution in [0.4, 0.5) is 0 Å². The van der Waals surface area contributed by atoms with Crippen molar-refractivity contribution in [1.29, 1.82) is 0 Å². The van der Waals surface area contributed by atoms with Crippen molar-refractivity contribution >= 4 is 17.9 Å². The molecule has 0 spiro atoms. The number of hydrogen-bond acceptors (Lipinski definition) is 9. The van der Waals surface area contributed by atoms with Crippen molar-refractivity contribution in [2.24, 2.45) is 22.2 Å². The summed E-state index contributed by atoms with van der Waals surface area (Å²) in [5.74, 6) is -4.37. The van der Waals surface area contributed by atoms with Crippen LogP contribution in [0.3, 0.4) is 0 Å². The fourth-order valence-corrected chi connectivity index (χ4v) is 8.50. The van der Waals surface area contributed by atoms with Crippen LogP contribution in [0, 0.1) is 22.2 Å². The van der Waals surface area contributed by atoms with Crippen LogP contribution < -0.4 is 0 Å². The number of aliphatic hydroxyl groups is 1. The van der Waals surface area contributed by atoms with Crippen LogP contribution in [0.5, 0.6) is 0 Å². The fourth-order valence-electron chi connectivity index (χ4n) is 8.50. The molecule has 0 radical (unpaired) electrons. The minimum absolute atomic E-state index is 0.0963. The lowest BCUT2D eigenvalue weighted by Crippen LogP contribution is -2.74. The Bertz CT molecular complexity index is 1170. The van der Waals surface area contributed by atoms with Gasteiger partial charge in [0.1, 0.15) is 17.1 Å². The van der Waals surface area contributed by atoms with Gasteiger partial charge in [0.2, 0.25) is 12.1 Å². The molecule has 6 rings (SSSR count). The molecule has 6 aliphatic rings. The number of hydrogen-bond donors (Lipinski definition) is 1. The van der Waals surface area contributed by atoms with Gasteiger partial charge < -0.3 is 28.8 Å². The van der Waals surface area contributed by atoms with E-state index in [9.17, 15) is 19.5 Å². The van der Waals surface area contributed by atoms with Crippen LogP contribution in [0.2, 0.25) is 0 Å². The highest BCUT2D eigenvalue weighted by Crippen LogP contribution is 2.78. The standard InChI is InChI=1S/C26H32O9/c1-11-13-8-17(27)35-22(3,4)14(13)9-16-24(6)15(11)10-23(5)18-19(33-20(23)28)32-12(2)26(30,34-16)25(18,24)21(29)31-7/h12,16,18-19,30H,8-10H2,1-7H3. The molecule has 8 unspecified atom stereocenters. The molecule has 8 atom stereocenters. The van der Waals surface area contributed by atoms with Gasteiger partial charge in [-0.25, -0.2) is 0 Å². The Morgan fingerprint density at radius 2 is 1.83 bits per heavy atom. The molecule has 4 aliphatic heterocycles. The number of rotatable bonds is 1. The Kier molecular flexibility index (Phi) is 4.21. The number of carbonyl (C=O) groups is 3. The highest BCUT2D eigenvalue weighted by molar-refractivity contribution is 5.89. The summed E-state index contributed by atoms with van der Waals surface area (Å²) in [6.45, 7) is 10.9. The van der Waals surface area contributed by atoms with E-state index in [1.807, 2.05) is 27.7 Å². The number of esters is 3. The average Bonchev–Trinajstić information content (AvgIpc) is 3.10. The van der Waals surface area contributed by atoms with Crippen LogP contribution in [0.1, 0.15) is 60.8 Å². The lowest BCUT2D eigenvalue weighted by molar-refractivity contribution is -0.371. The minimum atomic E-state index is -2.07. The van der Waals surface area contributed by atoms with Crippen LogP contribution in [0.25, 0.3) is 0 Å². The lowest BCUT2D eigenvalue weighted by atomic mass is 9.40. The van der Waals surface area contributed by atoms with E-state index in [0.717, 1.165) is 22.3 Å². The zero-order valence-electron chi connectivity index (χ0n) is 21.1. The van der Waals surface area contributed by atoms with Gasteiger partial charge in [-0.15, -0.1) is 0 Å². The monoisotopic (exact) mass is 488 g/mol. The summed E-state index contributed by atoms with van der Waals surface area (Å²) >= 11 is 0. The maximum absolute atomic E-state index is 14.1. The first kappa shape index (κ1) is 23.2. The molecule has 0 bridgehead atoms. The number of methoxy groups -OCH3 is 1. The minimum Gasteiger partial charge on any atom is -0.468 e. The molecule has 1 N–H and O–H groups in total. The first-order chi connectivity index (χ1) is 16.2. The second-order valence-electron chi connectivity index (χ2n) is 11.9. The predicted octanol–water partition coefficient (Wildman–Crippen LogP) is 2.31. The van der Waals surface area contributed by atoms with Gasteiger partial charge in [0, 0.05) is 11.8 Å². The third-order valence-corrected chi connectivity index (χ3v) is 10.1. The number of carbonyl (C=O) groups excluding carboxylic acids is 3. The first-order valence-corrected chi connectivity index (χ1v) is 12.2. The summed E-state index contributed by atoms with van der Waals surface area (Å²) in [4.78, 5) is 40.0. The molecule has 2 aliphatic carbocycles. The Morgan fingerprint density at radius 1 is 1.14 bits per heavy atom. The Balaban J connectivity index is 1.73. The first-order valence-electron chi connectivity index (χ1n) is 12.2. The van der Waals surface area contributed by atoms with Crippen LogP contribution in [-0.2, 0) is 38.1 Å². The van der Waals surface area contributed by atoms with Gasteiger partial charge in [-0.3, -0.25) is 14.4 Å². The van der Waals surface area contributed by atoms with Crippen LogP contribution in [-0.4, -0.2) is 60.0 Å². The van der Waals surface area contributed by atoms with Crippen molar-refractivity contribution in [2.75, 3.05) is 7.11 Å². The largest absolute Gasteiger partial charge is 0.468 e. The molecule has 4 heterocycles. The van der Waals surface area contributed by atoms with E-state index in [1.165, 1.54) is 7.11 Å². The number of ether oxygens (including phenoxy) is 5. The van der Waals surface area contributed by atoms with Gasteiger partial charge in [0.05, 0.1) is 31.0 Å². The van der Waals surface area contributed by atoms with Crippen molar-refractivity contribution in [2.45, 2.75) is 90.7 Å². The van der Waals surface area contributed by atoms with Crippen LogP contribution >= 0.6 is 0 Å². The second kappa shape index (κ2) is 6.36. The van der Waals surface area contributed by atoms with Crippen molar-refractivity contribution in [3.05, 3.63) is 22.3 Å². The molecule has 0 aromatic rings. The van der Waals surface area contributed by atoms with Crippen LogP contribution in [0.15, 0.2) is 22.3 Å².